The number of rotatable bonds is 11. The van der Waals surface area contributed by atoms with E-state index < -0.39 is 0 Å². The van der Waals surface area contributed by atoms with E-state index in [1.165, 1.54) is 56.9 Å². The first-order chi connectivity index (χ1) is 10.1. The molecule has 21 heavy (non-hydrogen) atoms. The highest BCUT2D eigenvalue weighted by Crippen LogP contribution is 2.21. The Morgan fingerprint density at radius 1 is 0.667 bits per heavy atom. The molecule has 0 amide bonds. The zero-order valence-corrected chi connectivity index (χ0v) is 14.8. The van der Waals surface area contributed by atoms with Gasteiger partial charge in [0.05, 0.1) is 0 Å². The van der Waals surface area contributed by atoms with Crippen molar-refractivity contribution >= 4 is 0 Å². The zero-order valence-electron chi connectivity index (χ0n) is 14.8. The lowest BCUT2D eigenvalue weighted by Gasteiger charge is -2.15. The fourth-order valence-corrected chi connectivity index (χ4v) is 3.04. The van der Waals surface area contributed by atoms with Crippen LogP contribution >= 0.6 is 0 Å². The molecule has 0 fully saturated rings. The molecule has 0 heteroatoms. The van der Waals surface area contributed by atoms with Crippen molar-refractivity contribution in [1.29, 1.82) is 0 Å². The molecule has 0 aliphatic heterocycles. The highest BCUT2D eigenvalue weighted by molar-refractivity contribution is 5.14. The predicted molar refractivity (Wildman–Crippen MR) is 95.6 cm³/mol. The number of hydrogen-bond acceptors (Lipinski definition) is 0. The average molecular weight is 289 g/mol. The first kappa shape index (κ1) is 18.3. The second kappa shape index (κ2) is 10.9. The Hall–Kier alpha value is -0.780. The van der Waals surface area contributed by atoms with E-state index in [9.17, 15) is 0 Å². The summed E-state index contributed by atoms with van der Waals surface area (Å²) < 4.78 is 0. The second-order valence-corrected chi connectivity index (χ2v) is 7.49. The van der Waals surface area contributed by atoms with Gasteiger partial charge in [-0.25, -0.2) is 0 Å². The molecule has 0 nitrogen and oxygen atoms in total. The molecule has 120 valence electrons. The Morgan fingerprint density at radius 3 is 1.76 bits per heavy atom. The lowest BCUT2D eigenvalue weighted by Crippen LogP contribution is -2.01. The van der Waals surface area contributed by atoms with Gasteiger partial charge in [0.25, 0.3) is 0 Å². The molecule has 0 saturated carbocycles. The Kier molecular flexibility index (Phi) is 9.46. The minimum absolute atomic E-state index is 0.869. The third kappa shape index (κ3) is 9.72. The topological polar surface area (TPSA) is 0 Å². The maximum absolute atomic E-state index is 2.44. The van der Waals surface area contributed by atoms with Crippen molar-refractivity contribution in [2.24, 2.45) is 17.8 Å². The molecule has 0 spiro atoms. The summed E-state index contributed by atoms with van der Waals surface area (Å²) >= 11 is 0. The van der Waals surface area contributed by atoms with E-state index >= 15 is 0 Å². The first-order valence-electron chi connectivity index (χ1n) is 9.11. The minimum atomic E-state index is 0.869. The number of hydrogen-bond donors (Lipinski definition) is 0. The Labute approximate surface area is 133 Å². The summed E-state index contributed by atoms with van der Waals surface area (Å²) in [6.45, 7) is 9.53. The van der Waals surface area contributed by atoms with Gasteiger partial charge in [0.2, 0.25) is 0 Å². The molecular weight excluding hydrogens is 252 g/mol. The summed E-state index contributed by atoms with van der Waals surface area (Å²) in [5.74, 6) is 2.66. The van der Waals surface area contributed by atoms with Crippen molar-refractivity contribution in [3.05, 3.63) is 35.9 Å². The van der Waals surface area contributed by atoms with Gasteiger partial charge >= 0.3 is 0 Å². The molecule has 2 unspecified atom stereocenters. The Bertz CT molecular complexity index is 338. The maximum atomic E-state index is 2.44. The van der Waals surface area contributed by atoms with Crippen LogP contribution in [0.15, 0.2) is 30.3 Å². The largest absolute Gasteiger partial charge is 0.0628 e. The van der Waals surface area contributed by atoms with Crippen molar-refractivity contribution in [2.45, 2.75) is 79.1 Å². The van der Waals surface area contributed by atoms with Crippen molar-refractivity contribution in [1.82, 2.24) is 0 Å². The van der Waals surface area contributed by atoms with Gasteiger partial charge < -0.3 is 0 Å². The van der Waals surface area contributed by atoms with Gasteiger partial charge in [0, 0.05) is 0 Å². The van der Waals surface area contributed by atoms with Crippen LogP contribution in [0, 0.1) is 17.8 Å². The van der Waals surface area contributed by atoms with Crippen LogP contribution < -0.4 is 0 Å². The van der Waals surface area contributed by atoms with E-state index in [-0.39, 0.29) is 0 Å². The van der Waals surface area contributed by atoms with E-state index in [1.807, 2.05) is 0 Å². The first-order valence-corrected chi connectivity index (χ1v) is 9.11. The molecular formula is C21H36. The van der Waals surface area contributed by atoms with Crippen LogP contribution in [0.1, 0.15) is 78.2 Å². The molecule has 1 rings (SSSR count). The molecule has 0 N–H and O–H groups in total. The minimum Gasteiger partial charge on any atom is -0.0628 e. The van der Waals surface area contributed by atoms with Gasteiger partial charge in [0.15, 0.2) is 0 Å². The molecule has 1 aromatic carbocycles. The lowest BCUT2D eigenvalue weighted by atomic mass is 9.91. The smallest absolute Gasteiger partial charge is 0.0276 e. The molecule has 0 aromatic heterocycles. The van der Waals surface area contributed by atoms with E-state index in [2.05, 4.69) is 58.0 Å². The normalized spacial score (nSPS) is 14.3. The molecule has 2 atom stereocenters. The third-order valence-corrected chi connectivity index (χ3v) is 4.64. The second-order valence-electron chi connectivity index (χ2n) is 7.49. The van der Waals surface area contributed by atoms with Crippen LogP contribution in [0.3, 0.4) is 0 Å². The van der Waals surface area contributed by atoms with Crippen LogP contribution in [0.25, 0.3) is 0 Å². The standard InChI is InChI=1S/C21H36/c1-18(2)10-8-11-19(3)12-9-13-20(4)16-17-21-14-6-5-7-15-21/h5-7,14-15,18-20H,8-13,16-17H2,1-4H3. The van der Waals surface area contributed by atoms with E-state index in [1.54, 1.807) is 0 Å². The van der Waals surface area contributed by atoms with Gasteiger partial charge in [0.1, 0.15) is 0 Å². The molecule has 0 aliphatic carbocycles. The van der Waals surface area contributed by atoms with Crippen molar-refractivity contribution < 1.29 is 0 Å². The Morgan fingerprint density at radius 2 is 1.19 bits per heavy atom. The average Bonchev–Trinajstić information content (AvgIpc) is 2.46. The van der Waals surface area contributed by atoms with Crippen LogP contribution in [0.2, 0.25) is 0 Å². The fraction of sp³-hybridized carbons (Fsp3) is 0.714. The predicted octanol–water partition coefficient (Wildman–Crippen LogP) is 6.89. The quantitative estimate of drug-likeness (QED) is 0.416. The summed E-state index contributed by atoms with van der Waals surface area (Å²) in [6.07, 6.45) is 11.1. The van der Waals surface area contributed by atoms with Crippen LogP contribution in [-0.4, -0.2) is 0 Å². The van der Waals surface area contributed by atoms with Crippen LogP contribution in [-0.2, 0) is 6.42 Å². The third-order valence-electron chi connectivity index (χ3n) is 4.64. The monoisotopic (exact) mass is 288 g/mol. The molecule has 0 radical (unpaired) electrons. The van der Waals surface area contributed by atoms with Gasteiger partial charge in [-0.15, -0.1) is 0 Å². The molecule has 0 aliphatic rings. The van der Waals surface area contributed by atoms with E-state index in [0.717, 1.165) is 17.8 Å². The van der Waals surface area contributed by atoms with E-state index in [4.69, 9.17) is 0 Å². The number of benzene rings is 1. The molecule has 0 heterocycles. The van der Waals surface area contributed by atoms with Crippen molar-refractivity contribution in [2.75, 3.05) is 0 Å². The summed E-state index contributed by atoms with van der Waals surface area (Å²) in [4.78, 5) is 0. The van der Waals surface area contributed by atoms with Crippen molar-refractivity contribution in [3.8, 4) is 0 Å². The molecule has 0 saturated heterocycles. The number of aryl methyl sites for hydroxylation is 1. The highest BCUT2D eigenvalue weighted by atomic mass is 14.1. The van der Waals surface area contributed by atoms with Crippen LogP contribution in [0.5, 0.6) is 0 Å². The van der Waals surface area contributed by atoms with Gasteiger partial charge in [-0.3, -0.25) is 0 Å². The fourth-order valence-electron chi connectivity index (χ4n) is 3.04. The summed E-state index contributed by atoms with van der Waals surface area (Å²) in [7, 11) is 0. The maximum Gasteiger partial charge on any atom is -0.0276 e. The van der Waals surface area contributed by atoms with E-state index in [0.29, 0.717) is 0 Å². The Balaban J connectivity index is 2.03. The van der Waals surface area contributed by atoms with Gasteiger partial charge in [-0.2, -0.15) is 0 Å². The molecule has 0 bridgehead atoms. The zero-order chi connectivity index (χ0) is 15.5. The SMILES string of the molecule is CC(C)CCCC(C)CCCC(C)CCc1ccccc1. The summed E-state index contributed by atoms with van der Waals surface area (Å²) in [6, 6.07) is 10.9. The van der Waals surface area contributed by atoms with Crippen LogP contribution in [0.4, 0.5) is 0 Å². The highest BCUT2D eigenvalue weighted by Gasteiger charge is 2.06. The summed E-state index contributed by atoms with van der Waals surface area (Å²) in [5.41, 5.74) is 1.49. The lowest BCUT2D eigenvalue weighted by molar-refractivity contribution is 0.392. The van der Waals surface area contributed by atoms with Gasteiger partial charge in [-0.05, 0) is 36.2 Å². The van der Waals surface area contributed by atoms with Crippen molar-refractivity contribution in [3.63, 3.8) is 0 Å². The molecule has 1 aromatic rings. The van der Waals surface area contributed by atoms with Gasteiger partial charge in [-0.1, -0.05) is 96.6 Å². The summed E-state index contributed by atoms with van der Waals surface area (Å²) in [5, 5.41) is 0.